The van der Waals surface area contributed by atoms with Gasteiger partial charge in [-0.3, -0.25) is 30.7 Å². The van der Waals surface area contributed by atoms with E-state index in [9.17, 15) is 14.9 Å². The highest BCUT2D eigenvalue weighted by molar-refractivity contribution is 5.93. The summed E-state index contributed by atoms with van der Waals surface area (Å²) in [5.41, 5.74) is 4.13. The van der Waals surface area contributed by atoms with Crippen molar-refractivity contribution in [1.29, 1.82) is 0 Å². The van der Waals surface area contributed by atoms with Crippen molar-refractivity contribution < 1.29 is 9.72 Å². The molecule has 0 saturated carbocycles. The number of carbonyl (C=O) groups excluding carboxylic acids is 1. The first-order valence-electron chi connectivity index (χ1n) is 7.03. The third kappa shape index (κ3) is 4.35. The zero-order valence-electron chi connectivity index (χ0n) is 13.4. The van der Waals surface area contributed by atoms with Gasteiger partial charge in [0.1, 0.15) is 12.0 Å². The van der Waals surface area contributed by atoms with Crippen LogP contribution in [-0.4, -0.2) is 31.3 Å². The normalized spacial score (nSPS) is 10.8. The fourth-order valence-electron chi connectivity index (χ4n) is 1.77. The predicted octanol–water partition coefficient (Wildman–Crippen LogP) is 1.75. The molecule has 3 N–H and O–H groups in total. The van der Waals surface area contributed by atoms with Crippen LogP contribution in [0.1, 0.15) is 31.3 Å². The van der Waals surface area contributed by atoms with Crippen molar-refractivity contribution in [3.8, 4) is 0 Å². The Labute approximate surface area is 137 Å². The van der Waals surface area contributed by atoms with Crippen molar-refractivity contribution in [2.45, 2.75) is 26.3 Å². The molecule has 0 aliphatic heterocycles. The SMILES string of the molecule is CC(C)(C)Nc1ncnc(NNC(=O)c2ccccn2)c1[N+](=O)[O-]. The van der Waals surface area contributed by atoms with Gasteiger partial charge < -0.3 is 5.32 Å². The molecule has 0 atom stereocenters. The van der Waals surface area contributed by atoms with Gasteiger partial charge in [0.25, 0.3) is 5.91 Å². The van der Waals surface area contributed by atoms with Crippen LogP contribution in [0.4, 0.5) is 17.3 Å². The number of anilines is 2. The minimum atomic E-state index is -0.622. The van der Waals surface area contributed by atoms with Gasteiger partial charge in [0, 0.05) is 11.7 Å². The number of hydrazine groups is 1. The predicted molar refractivity (Wildman–Crippen MR) is 87.4 cm³/mol. The van der Waals surface area contributed by atoms with E-state index in [0.29, 0.717) is 0 Å². The van der Waals surface area contributed by atoms with Crippen molar-refractivity contribution in [3.05, 3.63) is 46.5 Å². The van der Waals surface area contributed by atoms with Gasteiger partial charge in [-0.2, -0.15) is 0 Å². The molecule has 0 spiro atoms. The number of pyridine rings is 1. The van der Waals surface area contributed by atoms with E-state index in [4.69, 9.17) is 0 Å². The summed E-state index contributed by atoms with van der Waals surface area (Å²) < 4.78 is 0. The van der Waals surface area contributed by atoms with Crippen LogP contribution in [0.5, 0.6) is 0 Å². The van der Waals surface area contributed by atoms with Crippen LogP contribution >= 0.6 is 0 Å². The Morgan fingerprint density at radius 1 is 1.17 bits per heavy atom. The van der Waals surface area contributed by atoms with Crippen LogP contribution < -0.4 is 16.2 Å². The first-order valence-corrected chi connectivity index (χ1v) is 7.03. The fourth-order valence-corrected chi connectivity index (χ4v) is 1.77. The van der Waals surface area contributed by atoms with Crippen LogP contribution in [0.15, 0.2) is 30.7 Å². The van der Waals surface area contributed by atoms with Crippen LogP contribution in [-0.2, 0) is 0 Å². The Balaban J connectivity index is 2.22. The number of hydrogen-bond acceptors (Lipinski definition) is 8. The van der Waals surface area contributed by atoms with Crippen LogP contribution in [0.25, 0.3) is 0 Å². The summed E-state index contributed by atoms with van der Waals surface area (Å²) >= 11 is 0. The topological polar surface area (TPSA) is 135 Å². The van der Waals surface area contributed by atoms with E-state index >= 15 is 0 Å². The zero-order valence-corrected chi connectivity index (χ0v) is 13.4. The molecule has 1 amide bonds. The summed E-state index contributed by atoms with van der Waals surface area (Å²) in [6, 6.07) is 4.84. The second kappa shape index (κ2) is 6.86. The molecule has 0 bridgehead atoms. The Kier molecular flexibility index (Phi) is 4.87. The van der Waals surface area contributed by atoms with Gasteiger partial charge in [-0.25, -0.2) is 9.97 Å². The molecule has 0 aliphatic carbocycles. The molecule has 0 radical (unpaired) electrons. The Morgan fingerprint density at radius 3 is 2.46 bits per heavy atom. The summed E-state index contributed by atoms with van der Waals surface area (Å²) in [7, 11) is 0. The molecule has 126 valence electrons. The Bertz CT molecular complexity index is 744. The lowest BCUT2D eigenvalue weighted by Crippen LogP contribution is -2.31. The van der Waals surface area contributed by atoms with E-state index in [1.807, 2.05) is 20.8 Å². The van der Waals surface area contributed by atoms with Gasteiger partial charge in [-0.05, 0) is 32.9 Å². The molecule has 2 aromatic heterocycles. The van der Waals surface area contributed by atoms with Gasteiger partial charge in [0.15, 0.2) is 0 Å². The molecule has 10 nitrogen and oxygen atoms in total. The quantitative estimate of drug-likeness (QED) is 0.557. The average Bonchev–Trinajstić information content (AvgIpc) is 2.51. The van der Waals surface area contributed by atoms with Gasteiger partial charge in [-0.1, -0.05) is 6.07 Å². The summed E-state index contributed by atoms with van der Waals surface area (Å²) in [4.78, 5) is 34.3. The number of nitro groups is 1. The second-order valence-corrected chi connectivity index (χ2v) is 5.85. The maximum absolute atomic E-state index is 11.9. The Morgan fingerprint density at radius 2 is 1.88 bits per heavy atom. The standard InChI is InChI=1S/C14H17N7O3/c1-14(2,3)18-11-10(21(23)24)12(17-8-16-11)19-20-13(22)9-6-4-5-7-15-9/h4-8H,1-3H3,(H,20,22)(H2,16,17,18,19). The highest BCUT2D eigenvalue weighted by Crippen LogP contribution is 2.30. The molecule has 24 heavy (non-hydrogen) atoms. The maximum Gasteiger partial charge on any atom is 0.354 e. The summed E-state index contributed by atoms with van der Waals surface area (Å²) in [5.74, 6) is -0.628. The van der Waals surface area contributed by atoms with E-state index in [-0.39, 0.29) is 23.0 Å². The van der Waals surface area contributed by atoms with E-state index in [1.54, 1.807) is 12.1 Å². The number of nitrogens with zero attached hydrogens (tertiary/aromatic N) is 4. The number of nitrogens with one attached hydrogen (secondary N) is 3. The molecule has 0 aliphatic rings. The number of aromatic nitrogens is 3. The molecule has 2 rings (SSSR count). The van der Waals surface area contributed by atoms with Crippen molar-refractivity contribution in [1.82, 2.24) is 20.4 Å². The highest BCUT2D eigenvalue weighted by Gasteiger charge is 2.26. The van der Waals surface area contributed by atoms with E-state index < -0.39 is 16.4 Å². The van der Waals surface area contributed by atoms with Crippen LogP contribution in [0.2, 0.25) is 0 Å². The molecule has 0 unspecified atom stereocenters. The van der Waals surface area contributed by atoms with Gasteiger partial charge >= 0.3 is 5.69 Å². The summed E-state index contributed by atoms with van der Waals surface area (Å²) in [6.07, 6.45) is 2.63. The number of hydrogen-bond donors (Lipinski definition) is 3. The minimum absolute atomic E-state index is 0.0529. The highest BCUT2D eigenvalue weighted by atomic mass is 16.6. The number of rotatable bonds is 5. The second-order valence-electron chi connectivity index (χ2n) is 5.85. The van der Waals surface area contributed by atoms with Crippen molar-refractivity contribution in [3.63, 3.8) is 0 Å². The third-order valence-corrected chi connectivity index (χ3v) is 2.69. The Hall–Kier alpha value is -3.30. The molecule has 0 fully saturated rings. The lowest BCUT2D eigenvalue weighted by atomic mass is 10.1. The maximum atomic E-state index is 11.9. The molecular formula is C14H17N7O3. The molecule has 2 heterocycles. The average molecular weight is 331 g/mol. The molecule has 2 aromatic rings. The number of carbonyl (C=O) groups is 1. The third-order valence-electron chi connectivity index (χ3n) is 2.69. The largest absolute Gasteiger partial charge is 0.360 e. The first-order chi connectivity index (χ1) is 11.3. The van der Waals surface area contributed by atoms with E-state index in [2.05, 4.69) is 31.1 Å². The lowest BCUT2D eigenvalue weighted by Gasteiger charge is -2.21. The summed E-state index contributed by atoms with van der Waals surface area (Å²) in [6.45, 7) is 5.53. The van der Waals surface area contributed by atoms with Crippen molar-refractivity contribution >= 4 is 23.2 Å². The van der Waals surface area contributed by atoms with E-state index in [1.165, 1.54) is 12.3 Å². The molecular weight excluding hydrogens is 314 g/mol. The van der Waals surface area contributed by atoms with E-state index in [0.717, 1.165) is 6.33 Å². The van der Waals surface area contributed by atoms with Crippen molar-refractivity contribution in [2.24, 2.45) is 0 Å². The fraction of sp³-hybridized carbons (Fsp3) is 0.286. The minimum Gasteiger partial charge on any atom is -0.360 e. The van der Waals surface area contributed by atoms with Gasteiger partial charge in [-0.15, -0.1) is 0 Å². The van der Waals surface area contributed by atoms with Crippen molar-refractivity contribution in [2.75, 3.05) is 10.7 Å². The van der Waals surface area contributed by atoms with Gasteiger partial charge in [0.2, 0.25) is 11.6 Å². The zero-order chi connectivity index (χ0) is 17.7. The molecule has 0 saturated heterocycles. The number of amides is 1. The molecule has 0 aromatic carbocycles. The lowest BCUT2D eigenvalue weighted by molar-refractivity contribution is -0.383. The molecule has 10 heteroatoms. The van der Waals surface area contributed by atoms with Crippen LogP contribution in [0, 0.1) is 10.1 Å². The monoisotopic (exact) mass is 331 g/mol. The smallest absolute Gasteiger partial charge is 0.354 e. The summed E-state index contributed by atoms with van der Waals surface area (Å²) in [5, 5.41) is 14.3. The van der Waals surface area contributed by atoms with Gasteiger partial charge in [0.05, 0.1) is 4.92 Å². The van der Waals surface area contributed by atoms with Crippen LogP contribution in [0.3, 0.4) is 0 Å². The first kappa shape index (κ1) is 17.1.